The van der Waals surface area contributed by atoms with Crippen molar-refractivity contribution in [1.82, 2.24) is 24.7 Å². The Hall–Kier alpha value is -4.13. The van der Waals surface area contributed by atoms with Gasteiger partial charge in [0, 0.05) is 48.3 Å². The van der Waals surface area contributed by atoms with Gasteiger partial charge >= 0.3 is 0 Å². The molecule has 0 N–H and O–H groups in total. The van der Waals surface area contributed by atoms with E-state index in [2.05, 4.69) is 20.1 Å². The highest BCUT2D eigenvalue weighted by molar-refractivity contribution is 7.99. The third-order valence-corrected chi connectivity index (χ3v) is 10.0. The number of hydrogen-bond donors (Lipinski definition) is 0. The second-order valence-electron chi connectivity index (χ2n) is 11.8. The number of benzene rings is 1. The number of alkyl halides is 3. The van der Waals surface area contributed by atoms with E-state index in [9.17, 15) is 13.6 Å². The van der Waals surface area contributed by atoms with Gasteiger partial charge in [-0.25, -0.2) is 28.1 Å². The minimum atomic E-state index is -2.94. The van der Waals surface area contributed by atoms with Gasteiger partial charge in [-0.15, -0.1) is 0 Å². The first kappa shape index (κ1) is 29.6. The molecule has 0 aliphatic carbocycles. The first-order chi connectivity index (χ1) is 21.6. The number of nitrogens with zero attached hydrogens (tertiary/aromatic N) is 6. The van der Waals surface area contributed by atoms with E-state index in [-0.39, 0.29) is 47.5 Å². The van der Waals surface area contributed by atoms with Crippen LogP contribution in [-0.4, -0.2) is 60.7 Å². The number of carbonyl (C=O) groups excluding carboxylic acids is 1. The van der Waals surface area contributed by atoms with Crippen LogP contribution in [0.15, 0.2) is 53.3 Å². The maximum absolute atomic E-state index is 17.0. The Morgan fingerprint density at radius 2 is 2.02 bits per heavy atom. The highest BCUT2D eigenvalue weighted by Gasteiger charge is 2.45. The standard InChI is InChI=1S/C32H31F3N6O3S/c1-17-16-45-9-8-32(17,35)23-10-19(20-13-37-40(3)14-20)12-36-31(23)43-21-11-24(18(2)42)41(15-21)30-27-26(38-29(39-30)28(33)34)22-6-4-5-7-25(22)44-27/h4-7,10,12-14,17,21,24,28H,8-9,11,15-16H2,1-3H3/t17-,21-,24-,32+/m0/s1. The minimum absolute atomic E-state index is 0.0952. The van der Waals surface area contributed by atoms with Gasteiger partial charge in [0.15, 0.2) is 23.0 Å². The zero-order chi connectivity index (χ0) is 31.5. The molecule has 0 bridgehead atoms. The predicted molar refractivity (Wildman–Crippen MR) is 165 cm³/mol. The molecule has 6 heterocycles. The number of fused-ring (bicyclic) bond motifs is 3. The van der Waals surface area contributed by atoms with Crippen LogP contribution in [0.25, 0.3) is 33.2 Å². The lowest BCUT2D eigenvalue weighted by Crippen LogP contribution is -2.36. The molecule has 0 unspecified atom stereocenters. The smallest absolute Gasteiger partial charge is 0.297 e. The SMILES string of the molecule is CC(=O)[C@@H]1C[C@H](Oc2ncc(-c3cnn(C)c3)cc2[C@@]2(F)CCSC[C@@H]2C)CN1c1nc(C(F)F)nc2c1oc1ccccc12. The maximum Gasteiger partial charge on any atom is 0.297 e. The highest BCUT2D eigenvalue weighted by Crippen LogP contribution is 2.48. The van der Waals surface area contributed by atoms with Crippen LogP contribution >= 0.6 is 11.8 Å². The molecule has 1 aromatic carbocycles. The molecule has 45 heavy (non-hydrogen) atoms. The topological polar surface area (TPSA) is 99.2 Å². The van der Waals surface area contributed by atoms with Crippen LogP contribution in [0.5, 0.6) is 5.88 Å². The number of thioether (sulfide) groups is 1. The molecule has 2 fully saturated rings. The van der Waals surface area contributed by atoms with Gasteiger partial charge in [0.1, 0.15) is 22.9 Å². The molecule has 9 nitrogen and oxygen atoms in total. The molecular weight excluding hydrogens is 605 g/mol. The average Bonchev–Trinajstić information content (AvgIpc) is 3.75. The fourth-order valence-corrected chi connectivity index (χ4v) is 7.60. The largest absolute Gasteiger partial charge is 0.472 e. The summed E-state index contributed by atoms with van der Waals surface area (Å²) in [6.07, 6.45) is 2.15. The molecule has 5 aromatic rings. The number of furan rings is 1. The molecule has 0 saturated carbocycles. The molecule has 7 rings (SSSR count). The van der Waals surface area contributed by atoms with Crippen molar-refractivity contribution in [3.63, 3.8) is 0 Å². The van der Waals surface area contributed by atoms with Crippen LogP contribution in [0, 0.1) is 5.92 Å². The first-order valence-corrected chi connectivity index (χ1v) is 15.9. The number of ether oxygens (including phenoxy) is 1. The van der Waals surface area contributed by atoms with Crippen LogP contribution in [0.1, 0.15) is 44.5 Å². The number of rotatable bonds is 7. The molecule has 13 heteroatoms. The van der Waals surface area contributed by atoms with Gasteiger partial charge in [-0.05, 0) is 43.0 Å². The number of carbonyl (C=O) groups is 1. The number of ketones is 1. The second-order valence-corrected chi connectivity index (χ2v) is 13.0. The normalized spacial score (nSPS) is 23.8. The van der Waals surface area contributed by atoms with E-state index in [0.717, 1.165) is 11.1 Å². The average molecular weight is 637 g/mol. The van der Waals surface area contributed by atoms with Crippen molar-refractivity contribution < 1.29 is 27.1 Å². The van der Waals surface area contributed by atoms with Crippen molar-refractivity contribution in [1.29, 1.82) is 0 Å². The molecule has 4 aromatic heterocycles. The molecule has 234 valence electrons. The van der Waals surface area contributed by atoms with Crippen molar-refractivity contribution in [2.45, 2.75) is 50.9 Å². The number of Topliss-reactive ketones (excluding diaryl/α,β-unsaturated/α-hetero) is 1. The first-order valence-electron chi connectivity index (χ1n) is 14.8. The Bertz CT molecular complexity index is 1910. The van der Waals surface area contributed by atoms with Crippen molar-refractivity contribution in [3.05, 3.63) is 60.3 Å². The fourth-order valence-electron chi connectivity index (χ4n) is 6.38. The van der Waals surface area contributed by atoms with Crippen molar-refractivity contribution in [2.24, 2.45) is 13.0 Å². The van der Waals surface area contributed by atoms with Gasteiger partial charge in [0.05, 0.1) is 24.3 Å². The van der Waals surface area contributed by atoms with Crippen LogP contribution in [0.4, 0.5) is 19.0 Å². The minimum Gasteiger partial charge on any atom is -0.472 e. The van der Waals surface area contributed by atoms with Crippen molar-refractivity contribution in [2.75, 3.05) is 23.0 Å². The third kappa shape index (κ3) is 5.20. The van der Waals surface area contributed by atoms with Gasteiger partial charge in [0.2, 0.25) is 5.88 Å². The summed E-state index contributed by atoms with van der Waals surface area (Å²) in [6, 6.07) is 8.06. The van der Waals surface area contributed by atoms with E-state index >= 15 is 4.39 Å². The molecular formula is C32H31F3N6O3S. The lowest BCUT2D eigenvalue weighted by atomic mass is 9.82. The number of hydrogen-bond acceptors (Lipinski definition) is 9. The van der Waals surface area contributed by atoms with Crippen LogP contribution < -0.4 is 9.64 Å². The van der Waals surface area contributed by atoms with Gasteiger partial charge in [-0.2, -0.15) is 16.9 Å². The van der Waals surface area contributed by atoms with E-state index in [4.69, 9.17) is 9.15 Å². The molecule has 4 atom stereocenters. The van der Waals surface area contributed by atoms with Crippen molar-refractivity contribution in [3.8, 4) is 17.0 Å². The fraction of sp³-hybridized carbons (Fsp3) is 0.406. The third-order valence-electron chi connectivity index (χ3n) is 8.79. The van der Waals surface area contributed by atoms with E-state index in [1.807, 2.05) is 20.2 Å². The lowest BCUT2D eigenvalue weighted by Gasteiger charge is -2.36. The van der Waals surface area contributed by atoms with Crippen LogP contribution in [0.3, 0.4) is 0 Å². The molecule has 2 aliphatic heterocycles. The molecule has 0 amide bonds. The number of para-hydroxylation sites is 1. The molecule has 0 radical (unpaired) electrons. The summed E-state index contributed by atoms with van der Waals surface area (Å²) in [5.74, 6) is 0.432. The van der Waals surface area contributed by atoms with E-state index in [0.29, 0.717) is 34.5 Å². The number of pyridine rings is 1. The lowest BCUT2D eigenvalue weighted by molar-refractivity contribution is -0.118. The Labute approximate surface area is 261 Å². The molecule has 0 spiro atoms. The highest BCUT2D eigenvalue weighted by atomic mass is 32.2. The quantitative estimate of drug-likeness (QED) is 0.194. The monoisotopic (exact) mass is 636 g/mol. The Morgan fingerprint density at radius 1 is 1.20 bits per heavy atom. The van der Waals surface area contributed by atoms with E-state index in [1.54, 1.807) is 64.1 Å². The zero-order valence-electron chi connectivity index (χ0n) is 24.9. The Kier molecular flexibility index (Phi) is 7.46. The summed E-state index contributed by atoms with van der Waals surface area (Å²) < 4.78 is 59.2. The summed E-state index contributed by atoms with van der Waals surface area (Å²) in [5.41, 5.74) is 1.13. The van der Waals surface area contributed by atoms with E-state index < -0.39 is 30.1 Å². The summed E-state index contributed by atoms with van der Waals surface area (Å²) in [6.45, 7) is 3.45. The van der Waals surface area contributed by atoms with Crippen LogP contribution in [0.2, 0.25) is 0 Å². The predicted octanol–water partition coefficient (Wildman–Crippen LogP) is 6.66. The second kappa shape index (κ2) is 11.3. The number of halogens is 3. The summed E-state index contributed by atoms with van der Waals surface area (Å²) in [5, 5.41) is 4.81. The van der Waals surface area contributed by atoms with Crippen molar-refractivity contribution >= 4 is 45.4 Å². The van der Waals surface area contributed by atoms with Gasteiger partial charge in [-0.3, -0.25) is 9.48 Å². The zero-order valence-corrected chi connectivity index (χ0v) is 25.7. The number of anilines is 1. The summed E-state index contributed by atoms with van der Waals surface area (Å²) in [4.78, 5) is 27.5. The van der Waals surface area contributed by atoms with Gasteiger partial charge in [0.25, 0.3) is 6.43 Å². The van der Waals surface area contributed by atoms with E-state index in [1.165, 1.54) is 6.92 Å². The van der Waals surface area contributed by atoms with Crippen LogP contribution in [-0.2, 0) is 17.5 Å². The Morgan fingerprint density at radius 3 is 2.76 bits per heavy atom. The number of aromatic nitrogens is 5. The maximum atomic E-state index is 17.0. The molecule has 2 saturated heterocycles. The Balaban J connectivity index is 1.28. The summed E-state index contributed by atoms with van der Waals surface area (Å²) in [7, 11) is 1.81. The van der Waals surface area contributed by atoms with Gasteiger partial charge < -0.3 is 14.1 Å². The van der Waals surface area contributed by atoms with Gasteiger partial charge in [-0.1, -0.05) is 19.1 Å². The number of aryl methyl sites for hydroxylation is 1. The summed E-state index contributed by atoms with van der Waals surface area (Å²) >= 11 is 1.72. The molecule has 2 aliphatic rings.